The van der Waals surface area contributed by atoms with Gasteiger partial charge in [-0.15, -0.1) is 0 Å². The number of fused-ring (bicyclic) bond motifs is 3. The molecule has 2 amide bonds. The third-order valence-corrected chi connectivity index (χ3v) is 8.86. The van der Waals surface area contributed by atoms with E-state index in [-0.39, 0.29) is 28.5 Å². The molecule has 2 heterocycles. The Bertz CT molecular complexity index is 1160. The molecule has 2 aliphatic heterocycles. The number of carboxylic acid groups (broad SMARTS) is 1. The van der Waals surface area contributed by atoms with Crippen LogP contribution in [-0.2, 0) is 20.1 Å². The number of halogens is 1. The molecule has 0 radical (unpaired) electrons. The number of anilines is 1. The predicted octanol–water partition coefficient (Wildman–Crippen LogP) is 3.45. The number of ether oxygens (including phenoxy) is 2. The van der Waals surface area contributed by atoms with Gasteiger partial charge in [-0.05, 0) is 59.7 Å². The van der Waals surface area contributed by atoms with Crippen molar-refractivity contribution < 1.29 is 37.0 Å². The fourth-order valence-corrected chi connectivity index (χ4v) is 6.30. The quantitative estimate of drug-likeness (QED) is 0.531. The zero-order valence-electron chi connectivity index (χ0n) is 19.3. The molecule has 0 bridgehead atoms. The van der Waals surface area contributed by atoms with E-state index in [0.717, 1.165) is 13.8 Å². The van der Waals surface area contributed by atoms with Gasteiger partial charge in [-0.3, -0.25) is 4.99 Å². The fourth-order valence-electron chi connectivity index (χ4n) is 4.08. The van der Waals surface area contributed by atoms with Crippen LogP contribution in [-0.4, -0.2) is 58.4 Å². The number of carbonyl (C=O) groups excluding carboxylic acids is 1. The Balaban J connectivity index is 2.39. The monoisotopic (exact) mass is 485 g/mol. The van der Waals surface area contributed by atoms with E-state index in [4.69, 9.17) is 15.2 Å². The summed E-state index contributed by atoms with van der Waals surface area (Å²) in [7, 11) is -4.83. The van der Waals surface area contributed by atoms with E-state index in [1.54, 1.807) is 0 Å². The Labute approximate surface area is 191 Å². The molecular formula is C21H28FN3O7S. The average Bonchev–Trinajstić information content (AvgIpc) is 2.75. The smallest absolute Gasteiger partial charge is 0.425 e. The lowest BCUT2D eigenvalue weighted by molar-refractivity contribution is 0.0366. The second-order valence-corrected chi connectivity index (χ2v) is 12.4. The molecule has 0 fully saturated rings. The van der Waals surface area contributed by atoms with Gasteiger partial charge in [0, 0.05) is 17.7 Å². The van der Waals surface area contributed by atoms with Gasteiger partial charge in [0.1, 0.15) is 27.5 Å². The van der Waals surface area contributed by atoms with Gasteiger partial charge >= 0.3 is 12.2 Å². The zero-order chi connectivity index (χ0) is 25.2. The summed E-state index contributed by atoms with van der Waals surface area (Å²) in [6.07, 6.45) is -3.75. The Hall–Kier alpha value is -2.89. The van der Waals surface area contributed by atoms with E-state index >= 15 is 4.39 Å². The van der Waals surface area contributed by atoms with Crippen molar-refractivity contribution in [3.05, 3.63) is 23.8 Å². The van der Waals surface area contributed by atoms with Gasteiger partial charge in [0.05, 0.1) is 6.61 Å². The first-order chi connectivity index (χ1) is 14.9. The Kier molecular flexibility index (Phi) is 5.48. The van der Waals surface area contributed by atoms with Crippen LogP contribution in [0.2, 0.25) is 0 Å². The molecule has 10 nitrogen and oxygen atoms in total. The summed E-state index contributed by atoms with van der Waals surface area (Å²) in [5, 5.41) is 6.86. The van der Waals surface area contributed by atoms with Crippen molar-refractivity contribution >= 4 is 33.5 Å². The summed E-state index contributed by atoms with van der Waals surface area (Å²) in [4.78, 5) is 29.4. The van der Waals surface area contributed by atoms with Crippen molar-refractivity contribution in [3.63, 3.8) is 0 Å². The molecule has 12 heteroatoms. The van der Waals surface area contributed by atoms with Gasteiger partial charge in [0.2, 0.25) is 5.00 Å². The van der Waals surface area contributed by atoms with Gasteiger partial charge in [0.15, 0.2) is 9.84 Å². The first-order valence-electron chi connectivity index (χ1n) is 10.2. The van der Waals surface area contributed by atoms with Gasteiger partial charge in [-0.2, -0.15) is 4.90 Å². The molecule has 0 unspecified atom stereocenters. The highest BCUT2D eigenvalue weighted by Crippen LogP contribution is 2.56. The fraction of sp³-hybridized carbons (Fsp3) is 0.571. The molecule has 2 aliphatic rings. The number of benzene rings is 1. The van der Waals surface area contributed by atoms with Gasteiger partial charge < -0.3 is 20.3 Å². The lowest BCUT2D eigenvalue weighted by atomic mass is 9.84. The van der Waals surface area contributed by atoms with Crippen molar-refractivity contribution in [1.82, 2.24) is 4.90 Å². The molecule has 1 aromatic carbocycles. The van der Waals surface area contributed by atoms with Gasteiger partial charge in [-0.25, -0.2) is 22.4 Å². The summed E-state index contributed by atoms with van der Waals surface area (Å²) in [5.41, 5.74) is 2.84. The molecule has 33 heavy (non-hydrogen) atoms. The first kappa shape index (κ1) is 24.7. The van der Waals surface area contributed by atoms with Crippen molar-refractivity contribution in [3.8, 4) is 5.75 Å². The summed E-state index contributed by atoms with van der Waals surface area (Å²) < 4.78 is 52.9. The number of amides is 2. The molecule has 182 valence electrons. The molecule has 0 spiro atoms. The zero-order valence-corrected chi connectivity index (χ0v) is 20.1. The normalized spacial score (nSPS) is 27.7. The number of sulfone groups is 1. The Morgan fingerprint density at radius 1 is 1.27 bits per heavy atom. The highest BCUT2D eigenvalue weighted by molar-refractivity contribution is 7.95. The highest BCUT2D eigenvalue weighted by atomic mass is 32.2. The minimum absolute atomic E-state index is 0.0219. The van der Waals surface area contributed by atoms with Crippen LogP contribution in [0, 0.1) is 0 Å². The summed E-state index contributed by atoms with van der Waals surface area (Å²) in [6, 6.07) is 4.30. The summed E-state index contributed by atoms with van der Waals surface area (Å²) in [6.45, 7) is 7.73. The number of nitrogen functional groups attached to an aromatic ring is 1. The number of amidine groups is 1. The molecule has 0 aliphatic carbocycles. The Morgan fingerprint density at radius 3 is 2.42 bits per heavy atom. The van der Waals surface area contributed by atoms with Gasteiger partial charge in [-0.1, -0.05) is 0 Å². The molecule has 0 saturated carbocycles. The number of imide groups is 1. The van der Waals surface area contributed by atoms with Crippen molar-refractivity contribution in [2.75, 3.05) is 12.3 Å². The van der Waals surface area contributed by atoms with Crippen LogP contribution in [0.15, 0.2) is 23.2 Å². The maximum absolute atomic E-state index is 16.8. The van der Waals surface area contributed by atoms with E-state index in [2.05, 4.69) is 4.99 Å². The SMILES string of the molecule is CC(C)(C)OC(=O)N(C(=O)O)C1=N[C@]2(C)c3cc(N)ccc3OCC[C@@]2(F)S(=O)(=O)C1(C)C. The molecule has 2 atom stereocenters. The number of hydrogen-bond acceptors (Lipinski definition) is 8. The number of carbonyl (C=O) groups is 2. The van der Waals surface area contributed by atoms with Crippen LogP contribution in [0.4, 0.5) is 19.7 Å². The number of nitrogens with two attached hydrogens (primary N) is 1. The maximum atomic E-state index is 16.8. The molecule has 0 saturated heterocycles. The molecule has 3 rings (SSSR count). The first-order valence-corrected chi connectivity index (χ1v) is 11.7. The second kappa shape index (κ2) is 7.31. The molecule has 1 aromatic rings. The van der Waals surface area contributed by atoms with E-state index in [1.807, 2.05) is 0 Å². The van der Waals surface area contributed by atoms with Crippen molar-refractivity contribution in [2.24, 2.45) is 4.99 Å². The average molecular weight is 486 g/mol. The van der Waals surface area contributed by atoms with Crippen LogP contribution in [0.5, 0.6) is 5.75 Å². The molecule has 0 aromatic heterocycles. The lowest BCUT2D eigenvalue weighted by Crippen LogP contribution is -2.67. The van der Waals surface area contributed by atoms with Crippen LogP contribution in [0.3, 0.4) is 0 Å². The number of nitrogens with zero attached hydrogens (tertiary/aromatic N) is 2. The van der Waals surface area contributed by atoms with Crippen LogP contribution in [0.25, 0.3) is 0 Å². The Morgan fingerprint density at radius 2 is 1.88 bits per heavy atom. The topological polar surface area (TPSA) is 149 Å². The van der Waals surface area contributed by atoms with Gasteiger partial charge in [0.25, 0.3) is 0 Å². The van der Waals surface area contributed by atoms with Crippen molar-refractivity contribution in [2.45, 2.75) is 68.9 Å². The van der Waals surface area contributed by atoms with E-state index in [9.17, 15) is 23.1 Å². The van der Waals surface area contributed by atoms with Crippen LogP contribution >= 0.6 is 0 Å². The predicted molar refractivity (Wildman–Crippen MR) is 119 cm³/mol. The number of alkyl halides is 1. The molecular weight excluding hydrogens is 457 g/mol. The third-order valence-electron chi connectivity index (χ3n) is 5.88. The highest BCUT2D eigenvalue weighted by Gasteiger charge is 2.70. The summed E-state index contributed by atoms with van der Waals surface area (Å²) in [5.74, 6) is -0.529. The summed E-state index contributed by atoms with van der Waals surface area (Å²) >= 11 is 0. The minimum atomic E-state index is -4.83. The second-order valence-electron chi connectivity index (χ2n) is 9.70. The van der Waals surface area contributed by atoms with E-state index < -0.39 is 55.2 Å². The third kappa shape index (κ3) is 3.51. The number of rotatable bonds is 0. The van der Waals surface area contributed by atoms with Crippen LogP contribution in [0.1, 0.15) is 53.5 Å². The van der Waals surface area contributed by atoms with E-state index in [0.29, 0.717) is 0 Å². The van der Waals surface area contributed by atoms with Crippen LogP contribution < -0.4 is 10.5 Å². The molecule has 3 N–H and O–H groups in total. The maximum Gasteiger partial charge on any atom is 0.425 e. The van der Waals surface area contributed by atoms with Crippen molar-refractivity contribution in [1.29, 1.82) is 0 Å². The largest absolute Gasteiger partial charge is 0.493 e. The standard InChI is InChI=1S/C21H28FN3O7S/c1-18(2,3)32-17(28)25(16(26)27)15-19(4,5)33(29,30)21(22)9-10-31-14-8-7-12(23)11-13(14)20(21,6)24-15/h7-8,11H,9-10,23H2,1-6H3,(H,26,27)/t20-,21-/m1/s1. The van der Waals surface area contributed by atoms with E-state index in [1.165, 1.54) is 45.9 Å². The minimum Gasteiger partial charge on any atom is -0.493 e. The number of aliphatic imine (C=N–C) groups is 1. The lowest BCUT2D eigenvalue weighted by Gasteiger charge is -2.48. The number of hydrogen-bond donors (Lipinski definition) is 2.